The van der Waals surface area contributed by atoms with Crippen molar-refractivity contribution in [3.8, 4) is 5.75 Å². The van der Waals surface area contributed by atoms with Gasteiger partial charge in [-0.2, -0.15) is 4.31 Å². The number of anilines is 1. The van der Waals surface area contributed by atoms with Crippen LogP contribution < -0.4 is 15.7 Å². The van der Waals surface area contributed by atoms with Gasteiger partial charge in [0, 0.05) is 18.5 Å². The number of hydrogen-bond acceptors (Lipinski definition) is 6. The van der Waals surface area contributed by atoms with E-state index >= 15 is 0 Å². The molecular formula is C21H22N2O6S. The van der Waals surface area contributed by atoms with Gasteiger partial charge in [0.1, 0.15) is 16.9 Å². The van der Waals surface area contributed by atoms with E-state index in [0.717, 1.165) is 0 Å². The molecule has 3 rings (SSSR count). The number of ether oxygens (including phenoxy) is 1. The number of hydrogen-bond donors (Lipinski definition) is 1. The number of sulfonamides is 1. The zero-order chi connectivity index (χ0) is 21.9. The molecule has 0 aliphatic rings. The van der Waals surface area contributed by atoms with Gasteiger partial charge in [-0.25, -0.2) is 13.2 Å². The number of rotatable bonds is 7. The third kappa shape index (κ3) is 4.07. The summed E-state index contributed by atoms with van der Waals surface area (Å²) in [5.41, 5.74) is -0.503. The Labute approximate surface area is 174 Å². The van der Waals surface area contributed by atoms with Crippen LogP contribution in [0, 0.1) is 0 Å². The van der Waals surface area contributed by atoms with Gasteiger partial charge >= 0.3 is 5.63 Å². The Morgan fingerprint density at radius 1 is 1.10 bits per heavy atom. The molecule has 0 atom stereocenters. The van der Waals surface area contributed by atoms with Crippen molar-refractivity contribution < 1.29 is 22.4 Å². The van der Waals surface area contributed by atoms with Gasteiger partial charge in [-0.1, -0.05) is 32.0 Å². The van der Waals surface area contributed by atoms with E-state index in [1.54, 1.807) is 38.1 Å². The van der Waals surface area contributed by atoms with Crippen LogP contribution in [-0.4, -0.2) is 38.8 Å². The van der Waals surface area contributed by atoms with Crippen LogP contribution in [0.1, 0.15) is 24.2 Å². The van der Waals surface area contributed by atoms with Crippen molar-refractivity contribution in [2.75, 3.05) is 25.5 Å². The molecule has 0 unspecified atom stereocenters. The molecule has 0 aliphatic carbocycles. The van der Waals surface area contributed by atoms with Crippen molar-refractivity contribution >= 4 is 32.6 Å². The van der Waals surface area contributed by atoms with Gasteiger partial charge in [-0.3, -0.25) is 4.79 Å². The molecule has 2 aromatic carbocycles. The first kappa shape index (κ1) is 21.5. The molecule has 0 saturated carbocycles. The Kier molecular flexibility index (Phi) is 6.23. The second kappa shape index (κ2) is 8.68. The van der Waals surface area contributed by atoms with Crippen molar-refractivity contribution in [3.63, 3.8) is 0 Å². The molecule has 0 fully saturated rings. The zero-order valence-corrected chi connectivity index (χ0v) is 17.7. The average Bonchev–Trinajstić information content (AvgIpc) is 2.73. The molecule has 30 heavy (non-hydrogen) atoms. The van der Waals surface area contributed by atoms with Crippen LogP contribution in [0.3, 0.4) is 0 Å². The number of nitrogens with one attached hydrogen (secondary N) is 1. The predicted octanol–water partition coefficient (Wildman–Crippen LogP) is 3.08. The highest BCUT2D eigenvalue weighted by molar-refractivity contribution is 7.89. The number of carbonyl (C=O) groups is 1. The van der Waals surface area contributed by atoms with Crippen LogP contribution >= 0.6 is 0 Å². The van der Waals surface area contributed by atoms with Gasteiger partial charge in [-0.05, 0) is 30.3 Å². The first-order valence-electron chi connectivity index (χ1n) is 9.34. The molecule has 0 saturated heterocycles. The molecule has 0 bridgehead atoms. The Hall–Kier alpha value is -3.17. The van der Waals surface area contributed by atoms with Gasteiger partial charge in [-0.15, -0.1) is 0 Å². The van der Waals surface area contributed by atoms with Crippen molar-refractivity contribution in [2.24, 2.45) is 0 Å². The monoisotopic (exact) mass is 430 g/mol. The van der Waals surface area contributed by atoms with Crippen LogP contribution in [-0.2, 0) is 10.0 Å². The summed E-state index contributed by atoms with van der Waals surface area (Å²) in [6.45, 7) is 4.11. The molecule has 0 spiro atoms. The van der Waals surface area contributed by atoms with E-state index in [2.05, 4.69) is 5.32 Å². The lowest BCUT2D eigenvalue weighted by Gasteiger charge is -2.19. The molecule has 8 nitrogen and oxygen atoms in total. The highest BCUT2D eigenvalue weighted by Gasteiger charge is 2.24. The van der Waals surface area contributed by atoms with Gasteiger partial charge in [0.15, 0.2) is 0 Å². The second-order valence-corrected chi connectivity index (χ2v) is 8.33. The maximum Gasteiger partial charge on any atom is 0.349 e. The van der Waals surface area contributed by atoms with Crippen molar-refractivity contribution in [1.29, 1.82) is 0 Å². The Morgan fingerprint density at radius 3 is 2.47 bits per heavy atom. The summed E-state index contributed by atoms with van der Waals surface area (Å²) < 4.78 is 37.4. The number of carbonyl (C=O) groups excluding carboxylic acids is 1. The van der Waals surface area contributed by atoms with Crippen LogP contribution in [0.25, 0.3) is 11.0 Å². The number of fused-ring (bicyclic) bond motifs is 1. The first-order chi connectivity index (χ1) is 14.3. The van der Waals surface area contributed by atoms with E-state index in [0.29, 0.717) is 24.1 Å². The number of nitrogens with zero attached hydrogens (tertiary/aromatic N) is 1. The van der Waals surface area contributed by atoms with E-state index < -0.39 is 21.6 Å². The molecule has 158 valence electrons. The third-order valence-corrected chi connectivity index (χ3v) is 6.69. The topological polar surface area (TPSA) is 106 Å². The summed E-state index contributed by atoms with van der Waals surface area (Å²) in [7, 11) is -2.34. The molecule has 1 amide bonds. The SMILES string of the molecule is CCN(CC)S(=O)(=O)c1ccc(OC)c(NC(=O)c2cc3ccccc3oc2=O)c1. The standard InChI is InChI=1S/C21H22N2O6S/c1-4-23(5-2)30(26,27)15-10-11-19(28-3)17(13-15)22-20(24)16-12-14-8-6-7-9-18(14)29-21(16)25/h6-13H,4-5H2,1-3H3,(H,22,24). The second-order valence-electron chi connectivity index (χ2n) is 6.39. The summed E-state index contributed by atoms with van der Waals surface area (Å²) in [6, 6.07) is 12.4. The van der Waals surface area contributed by atoms with E-state index in [1.807, 2.05) is 0 Å². The number of benzene rings is 2. The third-order valence-electron chi connectivity index (χ3n) is 4.65. The molecule has 1 aromatic heterocycles. The molecule has 3 aromatic rings. The fourth-order valence-corrected chi connectivity index (χ4v) is 4.55. The fraction of sp³-hybridized carbons (Fsp3) is 0.238. The van der Waals surface area contributed by atoms with Gasteiger partial charge in [0.2, 0.25) is 10.0 Å². The molecule has 9 heteroatoms. The molecule has 0 radical (unpaired) electrons. The van der Waals surface area contributed by atoms with E-state index in [4.69, 9.17) is 9.15 Å². The van der Waals surface area contributed by atoms with E-state index in [9.17, 15) is 18.0 Å². The van der Waals surface area contributed by atoms with Crippen molar-refractivity contribution in [2.45, 2.75) is 18.7 Å². The van der Waals surface area contributed by atoms with Gasteiger partial charge < -0.3 is 14.5 Å². The Morgan fingerprint density at radius 2 is 1.80 bits per heavy atom. The number of methoxy groups -OCH3 is 1. The maximum absolute atomic E-state index is 12.8. The fourth-order valence-electron chi connectivity index (χ4n) is 3.07. The minimum absolute atomic E-state index is 0.00726. The minimum atomic E-state index is -3.74. The minimum Gasteiger partial charge on any atom is -0.495 e. The lowest BCUT2D eigenvalue weighted by Crippen LogP contribution is -2.30. The quantitative estimate of drug-likeness (QED) is 0.578. The van der Waals surface area contributed by atoms with Crippen molar-refractivity contribution in [3.05, 3.63) is 64.5 Å². The van der Waals surface area contributed by atoms with Gasteiger partial charge in [0.25, 0.3) is 5.91 Å². The van der Waals surface area contributed by atoms with Crippen LogP contribution in [0.4, 0.5) is 5.69 Å². The smallest absolute Gasteiger partial charge is 0.349 e. The number of amides is 1. The van der Waals surface area contributed by atoms with E-state index in [1.165, 1.54) is 35.7 Å². The predicted molar refractivity (Wildman–Crippen MR) is 114 cm³/mol. The molecule has 1 heterocycles. The van der Waals surface area contributed by atoms with Gasteiger partial charge in [0.05, 0.1) is 17.7 Å². The summed E-state index contributed by atoms with van der Waals surface area (Å²) in [5.74, 6) is -0.475. The van der Waals surface area contributed by atoms with Crippen LogP contribution in [0.15, 0.2) is 62.6 Å². The highest BCUT2D eigenvalue weighted by Crippen LogP contribution is 2.29. The van der Waals surface area contributed by atoms with E-state index in [-0.39, 0.29) is 21.9 Å². The largest absolute Gasteiger partial charge is 0.495 e. The Bertz CT molecular complexity index is 1250. The zero-order valence-electron chi connectivity index (χ0n) is 16.8. The van der Waals surface area contributed by atoms with Crippen molar-refractivity contribution in [1.82, 2.24) is 4.31 Å². The highest BCUT2D eigenvalue weighted by atomic mass is 32.2. The Balaban J connectivity index is 2.01. The molecular weight excluding hydrogens is 408 g/mol. The lowest BCUT2D eigenvalue weighted by molar-refractivity contribution is 0.102. The summed E-state index contributed by atoms with van der Waals surface area (Å²) in [5, 5.41) is 3.15. The number of para-hydroxylation sites is 1. The summed E-state index contributed by atoms with van der Waals surface area (Å²) in [6.07, 6.45) is 0. The molecule has 0 aliphatic heterocycles. The lowest BCUT2D eigenvalue weighted by atomic mass is 10.1. The first-order valence-corrected chi connectivity index (χ1v) is 10.8. The molecule has 1 N–H and O–H groups in total. The average molecular weight is 430 g/mol. The normalized spacial score (nSPS) is 11.6. The van der Waals surface area contributed by atoms with Crippen LogP contribution in [0.5, 0.6) is 5.75 Å². The maximum atomic E-state index is 12.8. The van der Waals surface area contributed by atoms with Crippen LogP contribution in [0.2, 0.25) is 0 Å². The summed E-state index contributed by atoms with van der Waals surface area (Å²) >= 11 is 0. The summed E-state index contributed by atoms with van der Waals surface area (Å²) in [4.78, 5) is 25.0.